The molecule has 3 aliphatic carbocycles. The summed E-state index contributed by atoms with van der Waals surface area (Å²) in [6.45, 7) is 2.75. The summed E-state index contributed by atoms with van der Waals surface area (Å²) in [4.78, 5) is 0.506. The van der Waals surface area contributed by atoms with Crippen LogP contribution in [0.2, 0.25) is 0 Å². The van der Waals surface area contributed by atoms with Crippen molar-refractivity contribution in [1.82, 2.24) is 0 Å². The maximum absolute atomic E-state index is 5.57. The van der Waals surface area contributed by atoms with Crippen molar-refractivity contribution in [2.45, 2.75) is 31.0 Å². The van der Waals surface area contributed by atoms with Gasteiger partial charge in [-0.1, -0.05) is 37.9 Å². The van der Waals surface area contributed by atoms with Crippen LogP contribution in [0.25, 0.3) is 0 Å². The first-order valence-electron chi connectivity index (χ1n) is 7.77. The van der Waals surface area contributed by atoms with Crippen LogP contribution in [-0.4, -0.2) is 6.61 Å². The van der Waals surface area contributed by atoms with E-state index >= 15 is 0 Å². The van der Waals surface area contributed by atoms with Crippen LogP contribution in [-0.2, 0) is 0 Å². The molecule has 3 fully saturated rings. The smallest absolute Gasteiger partial charge is 0.120 e. The van der Waals surface area contributed by atoms with E-state index in [4.69, 9.17) is 4.74 Å². The highest BCUT2D eigenvalue weighted by molar-refractivity contribution is 9.11. The minimum Gasteiger partial charge on any atom is -0.494 e. The standard InChI is InChI=1S/C17H20Br2O/c1-2-20-11-5-6-12(13(18)8-11)17(19)16-14-9-3-4-10(7-9)15(14)16/h5-6,8-10,14-17H,2-4,7H2,1H3. The number of ether oxygens (including phenoxy) is 1. The normalized spacial score (nSPS) is 38.6. The number of alkyl halides is 1. The van der Waals surface area contributed by atoms with E-state index in [2.05, 4.69) is 50.1 Å². The van der Waals surface area contributed by atoms with Crippen molar-refractivity contribution in [2.24, 2.45) is 29.6 Å². The number of hydrogen-bond donors (Lipinski definition) is 0. The Kier molecular flexibility index (Phi) is 3.42. The van der Waals surface area contributed by atoms with Gasteiger partial charge in [-0.2, -0.15) is 0 Å². The average Bonchev–Trinajstić information content (AvgIpc) is 2.87. The van der Waals surface area contributed by atoms with Crippen molar-refractivity contribution in [1.29, 1.82) is 0 Å². The maximum atomic E-state index is 5.57. The van der Waals surface area contributed by atoms with Gasteiger partial charge in [-0.25, -0.2) is 0 Å². The van der Waals surface area contributed by atoms with Crippen LogP contribution >= 0.6 is 31.9 Å². The van der Waals surface area contributed by atoms with E-state index in [0.717, 1.165) is 41.9 Å². The molecule has 0 spiro atoms. The van der Waals surface area contributed by atoms with E-state index < -0.39 is 0 Å². The molecule has 0 saturated heterocycles. The Hall–Kier alpha value is -0.0200. The molecule has 2 bridgehead atoms. The Morgan fingerprint density at radius 1 is 1.25 bits per heavy atom. The van der Waals surface area contributed by atoms with Crippen molar-refractivity contribution in [3.63, 3.8) is 0 Å². The second-order valence-electron chi connectivity index (χ2n) is 6.58. The third kappa shape index (κ3) is 1.99. The van der Waals surface area contributed by atoms with Gasteiger partial charge in [-0.15, -0.1) is 0 Å². The van der Waals surface area contributed by atoms with Crippen LogP contribution in [0.15, 0.2) is 22.7 Å². The quantitative estimate of drug-likeness (QED) is 0.600. The Balaban J connectivity index is 1.53. The number of hydrogen-bond acceptors (Lipinski definition) is 1. The Morgan fingerprint density at radius 3 is 2.55 bits per heavy atom. The van der Waals surface area contributed by atoms with Crippen molar-refractivity contribution < 1.29 is 4.74 Å². The lowest BCUT2D eigenvalue weighted by molar-refractivity contribution is 0.340. The molecule has 5 unspecified atom stereocenters. The summed E-state index contributed by atoms with van der Waals surface area (Å²) in [5.74, 6) is 5.93. The Bertz CT molecular complexity index is 514. The molecule has 0 amide bonds. The highest BCUT2D eigenvalue weighted by Gasteiger charge is 2.66. The van der Waals surface area contributed by atoms with E-state index in [9.17, 15) is 0 Å². The molecule has 4 rings (SSSR count). The molecule has 0 radical (unpaired) electrons. The van der Waals surface area contributed by atoms with Gasteiger partial charge in [0.15, 0.2) is 0 Å². The number of halogens is 2. The predicted octanol–water partition coefficient (Wildman–Crippen LogP) is 5.58. The zero-order valence-electron chi connectivity index (χ0n) is 11.7. The van der Waals surface area contributed by atoms with Gasteiger partial charge in [-0.05, 0) is 73.5 Å². The average molecular weight is 400 g/mol. The van der Waals surface area contributed by atoms with Crippen LogP contribution in [0, 0.1) is 29.6 Å². The van der Waals surface area contributed by atoms with Crippen LogP contribution in [0.1, 0.15) is 36.6 Å². The molecule has 0 aromatic heterocycles. The number of rotatable bonds is 4. The van der Waals surface area contributed by atoms with Gasteiger partial charge in [0.2, 0.25) is 0 Å². The summed E-state index contributed by atoms with van der Waals surface area (Å²) in [7, 11) is 0. The molecule has 1 nitrogen and oxygen atoms in total. The first-order valence-corrected chi connectivity index (χ1v) is 9.48. The van der Waals surface area contributed by atoms with E-state index in [1.54, 1.807) is 0 Å². The molecule has 0 aliphatic heterocycles. The van der Waals surface area contributed by atoms with Gasteiger partial charge in [-0.3, -0.25) is 0 Å². The van der Waals surface area contributed by atoms with Gasteiger partial charge in [0.1, 0.15) is 5.75 Å². The summed E-state index contributed by atoms with van der Waals surface area (Å²) in [5.41, 5.74) is 1.40. The third-order valence-electron chi connectivity index (χ3n) is 5.71. The summed E-state index contributed by atoms with van der Waals surface area (Å²) in [6.07, 6.45) is 4.51. The van der Waals surface area contributed by atoms with Gasteiger partial charge in [0, 0.05) is 9.30 Å². The second kappa shape index (κ2) is 5.01. The van der Waals surface area contributed by atoms with Gasteiger partial charge < -0.3 is 4.74 Å². The fourth-order valence-electron chi connectivity index (χ4n) is 4.98. The second-order valence-corrected chi connectivity index (χ2v) is 8.42. The van der Waals surface area contributed by atoms with Crippen LogP contribution in [0.4, 0.5) is 0 Å². The Labute approximate surface area is 137 Å². The van der Waals surface area contributed by atoms with Gasteiger partial charge in [0.25, 0.3) is 0 Å². The molecular formula is C17H20Br2O. The Morgan fingerprint density at radius 2 is 1.95 bits per heavy atom. The molecule has 108 valence electrons. The highest BCUT2D eigenvalue weighted by Crippen LogP contribution is 2.73. The first kappa shape index (κ1) is 13.6. The minimum absolute atomic E-state index is 0.506. The molecule has 1 aromatic rings. The third-order valence-corrected chi connectivity index (χ3v) is 7.50. The molecule has 0 N–H and O–H groups in total. The lowest BCUT2D eigenvalue weighted by Gasteiger charge is -2.17. The monoisotopic (exact) mass is 398 g/mol. The molecule has 5 atom stereocenters. The zero-order valence-corrected chi connectivity index (χ0v) is 14.9. The SMILES string of the molecule is CCOc1ccc(C(Br)C2C3C4CCC(C4)C32)c(Br)c1. The molecule has 20 heavy (non-hydrogen) atoms. The minimum atomic E-state index is 0.506. The van der Waals surface area contributed by atoms with Gasteiger partial charge >= 0.3 is 0 Å². The lowest BCUT2D eigenvalue weighted by Crippen LogP contribution is -2.04. The van der Waals surface area contributed by atoms with E-state index in [1.807, 2.05) is 6.92 Å². The van der Waals surface area contributed by atoms with Gasteiger partial charge in [0.05, 0.1) is 6.61 Å². The van der Waals surface area contributed by atoms with E-state index in [1.165, 1.54) is 29.3 Å². The molecule has 3 saturated carbocycles. The fraction of sp³-hybridized carbons (Fsp3) is 0.647. The summed E-state index contributed by atoms with van der Waals surface area (Å²) in [6, 6.07) is 6.44. The molecule has 0 heterocycles. The molecule has 3 aliphatic rings. The molecule has 1 aromatic carbocycles. The number of fused-ring (bicyclic) bond motifs is 5. The predicted molar refractivity (Wildman–Crippen MR) is 88.3 cm³/mol. The number of benzene rings is 1. The lowest BCUT2D eigenvalue weighted by atomic mass is 9.97. The van der Waals surface area contributed by atoms with Crippen LogP contribution in [0.5, 0.6) is 5.75 Å². The van der Waals surface area contributed by atoms with Crippen molar-refractivity contribution in [3.8, 4) is 5.75 Å². The summed E-state index contributed by atoms with van der Waals surface area (Å²) in [5, 5.41) is 0. The largest absolute Gasteiger partial charge is 0.494 e. The zero-order chi connectivity index (χ0) is 13.9. The first-order chi connectivity index (χ1) is 9.70. The fourth-order valence-corrected chi connectivity index (χ4v) is 7.00. The van der Waals surface area contributed by atoms with Crippen molar-refractivity contribution >= 4 is 31.9 Å². The van der Waals surface area contributed by atoms with Crippen LogP contribution in [0.3, 0.4) is 0 Å². The summed E-state index contributed by atoms with van der Waals surface area (Å²) < 4.78 is 6.75. The van der Waals surface area contributed by atoms with Crippen molar-refractivity contribution in [2.75, 3.05) is 6.61 Å². The van der Waals surface area contributed by atoms with E-state index in [-0.39, 0.29) is 0 Å². The molecule has 3 heteroatoms. The highest BCUT2D eigenvalue weighted by atomic mass is 79.9. The van der Waals surface area contributed by atoms with Crippen LogP contribution < -0.4 is 4.74 Å². The topological polar surface area (TPSA) is 9.23 Å². The van der Waals surface area contributed by atoms with Crippen molar-refractivity contribution in [3.05, 3.63) is 28.2 Å². The summed E-state index contributed by atoms with van der Waals surface area (Å²) >= 11 is 7.72. The molecular weight excluding hydrogens is 380 g/mol. The maximum Gasteiger partial charge on any atom is 0.120 e. The van der Waals surface area contributed by atoms with E-state index in [0.29, 0.717) is 4.83 Å².